The van der Waals surface area contributed by atoms with Gasteiger partial charge in [-0.15, -0.1) is 0 Å². The van der Waals surface area contributed by atoms with Gasteiger partial charge in [0.2, 0.25) is 5.91 Å². The van der Waals surface area contributed by atoms with Gasteiger partial charge < -0.3 is 19.4 Å². The predicted octanol–water partition coefficient (Wildman–Crippen LogP) is 2.52. The SMILES string of the molecule is CN(CC(=O)NCc1ccco1)C(=O)COC(=O)c1ccc(Cl)c(Cl)c1. The predicted molar refractivity (Wildman–Crippen MR) is 94.9 cm³/mol. The molecule has 0 atom stereocenters. The van der Waals surface area contributed by atoms with Crippen LogP contribution in [0.4, 0.5) is 0 Å². The number of nitrogens with zero attached hydrogens (tertiary/aromatic N) is 1. The first-order chi connectivity index (χ1) is 12.4. The van der Waals surface area contributed by atoms with Gasteiger partial charge in [0.25, 0.3) is 5.91 Å². The van der Waals surface area contributed by atoms with Gasteiger partial charge in [-0.05, 0) is 30.3 Å². The standard InChI is InChI=1S/C17H16Cl2N2O5/c1-21(9-15(22)20-8-12-3-2-6-25-12)16(23)10-26-17(24)11-4-5-13(18)14(19)7-11/h2-7H,8-10H2,1H3,(H,20,22). The maximum absolute atomic E-state index is 12.0. The first-order valence-corrected chi connectivity index (χ1v) is 8.27. The molecule has 2 amide bonds. The van der Waals surface area contributed by atoms with Crippen molar-refractivity contribution in [2.45, 2.75) is 6.54 Å². The summed E-state index contributed by atoms with van der Waals surface area (Å²) in [4.78, 5) is 36.8. The summed E-state index contributed by atoms with van der Waals surface area (Å²) in [6, 6.07) is 7.67. The van der Waals surface area contributed by atoms with E-state index >= 15 is 0 Å². The molecule has 138 valence electrons. The van der Waals surface area contributed by atoms with Gasteiger partial charge in [-0.2, -0.15) is 0 Å². The van der Waals surface area contributed by atoms with Crippen molar-refractivity contribution < 1.29 is 23.5 Å². The van der Waals surface area contributed by atoms with Gasteiger partial charge in [-0.3, -0.25) is 9.59 Å². The van der Waals surface area contributed by atoms with Crippen molar-refractivity contribution in [3.05, 3.63) is 58.0 Å². The van der Waals surface area contributed by atoms with Crippen molar-refractivity contribution in [3.8, 4) is 0 Å². The molecule has 1 aromatic heterocycles. The second kappa shape index (κ2) is 9.26. The third kappa shape index (κ3) is 5.79. The summed E-state index contributed by atoms with van der Waals surface area (Å²) in [5.74, 6) is -1.00. The summed E-state index contributed by atoms with van der Waals surface area (Å²) in [6.07, 6.45) is 1.50. The van der Waals surface area contributed by atoms with Crippen LogP contribution in [-0.4, -0.2) is 42.9 Å². The summed E-state index contributed by atoms with van der Waals surface area (Å²) >= 11 is 11.6. The molecule has 2 rings (SSSR count). The lowest BCUT2D eigenvalue weighted by Gasteiger charge is -2.16. The average molecular weight is 399 g/mol. The molecule has 7 nitrogen and oxygen atoms in total. The number of rotatable bonds is 7. The van der Waals surface area contributed by atoms with Gasteiger partial charge in [0, 0.05) is 7.05 Å². The van der Waals surface area contributed by atoms with Crippen molar-refractivity contribution in [3.63, 3.8) is 0 Å². The van der Waals surface area contributed by atoms with Crippen LogP contribution in [0.1, 0.15) is 16.1 Å². The molecule has 0 aliphatic rings. The van der Waals surface area contributed by atoms with E-state index in [9.17, 15) is 14.4 Å². The van der Waals surface area contributed by atoms with Crippen LogP contribution < -0.4 is 5.32 Å². The molecule has 26 heavy (non-hydrogen) atoms. The highest BCUT2D eigenvalue weighted by molar-refractivity contribution is 6.42. The maximum Gasteiger partial charge on any atom is 0.338 e. The van der Waals surface area contributed by atoms with Crippen molar-refractivity contribution in [1.82, 2.24) is 10.2 Å². The van der Waals surface area contributed by atoms with Crippen LogP contribution in [0.15, 0.2) is 41.0 Å². The van der Waals surface area contributed by atoms with E-state index in [0.29, 0.717) is 10.8 Å². The maximum atomic E-state index is 12.0. The van der Waals surface area contributed by atoms with E-state index in [4.69, 9.17) is 32.4 Å². The lowest BCUT2D eigenvalue weighted by atomic mass is 10.2. The van der Waals surface area contributed by atoms with Crippen molar-refractivity contribution in [2.24, 2.45) is 0 Å². The minimum absolute atomic E-state index is 0.172. The van der Waals surface area contributed by atoms with Crippen LogP contribution in [-0.2, 0) is 20.9 Å². The topological polar surface area (TPSA) is 88.8 Å². The zero-order valence-corrected chi connectivity index (χ0v) is 15.3. The second-order valence-electron chi connectivity index (χ2n) is 5.31. The van der Waals surface area contributed by atoms with E-state index in [-0.39, 0.29) is 29.6 Å². The Labute approximate surface area is 159 Å². The quantitative estimate of drug-likeness (QED) is 0.723. The van der Waals surface area contributed by atoms with E-state index in [1.165, 1.54) is 31.5 Å². The molecule has 0 radical (unpaired) electrons. The summed E-state index contributed by atoms with van der Waals surface area (Å²) in [5.41, 5.74) is 0.172. The Morgan fingerprint density at radius 2 is 1.96 bits per heavy atom. The molecule has 2 aromatic rings. The van der Waals surface area contributed by atoms with Crippen molar-refractivity contribution in [2.75, 3.05) is 20.2 Å². The average Bonchev–Trinajstić information content (AvgIpc) is 3.13. The monoisotopic (exact) mass is 398 g/mol. The number of carbonyl (C=O) groups is 3. The normalized spacial score (nSPS) is 10.3. The summed E-state index contributed by atoms with van der Waals surface area (Å²) < 4.78 is 10.0. The lowest BCUT2D eigenvalue weighted by molar-refractivity contribution is -0.137. The molecular formula is C17H16Cl2N2O5. The first-order valence-electron chi connectivity index (χ1n) is 7.52. The summed E-state index contributed by atoms with van der Waals surface area (Å²) in [5, 5.41) is 3.12. The fourth-order valence-electron chi connectivity index (χ4n) is 1.90. The van der Waals surface area contributed by atoms with Crippen LogP contribution in [0.5, 0.6) is 0 Å². The molecule has 1 N–H and O–H groups in total. The molecule has 0 aliphatic heterocycles. The highest BCUT2D eigenvalue weighted by Gasteiger charge is 2.16. The number of halogens is 2. The minimum Gasteiger partial charge on any atom is -0.467 e. The van der Waals surface area contributed by atoms with Crippen LogP contribution in [0, 0.1) is 0 Å². The van der Waals surface area contributed by atoms with Crippen molar-refractivity contribution >= 4 is 41.0 Å². The van der Waals surface area contributed by atoms with Crippen molar-refractivity contribution in [1.29, 1.82) is 0 Å². The number of benzene rings is 1. The molecular weight excluding hydrogens is 383 g/mol. The molecule has 1 heterocycles. The molecule has 0 aliphatic carbocycles. The number of hydrogen-bond donors (Lipinski definition) is 1. The van der Waals surface area contributed by atoms with E-state index in [0.717, 1.165) is 4.90 Å². The highest BCUT2D eigenvalue weighted by atomic mass is 35.5. The summed E-state index contributed by atoms with van der Waals surface area (Å²) in [6.45, 7) is -0.453. The number of ether oxygens (including phenoxy) is 1. The Balaban J connectivity index is 1.76. The van der Waals surface area contributed by atoms with E-state index in [2.05, 4.69) is 5.32 Å². The molecule has 0 spiro atoms. The van der Waals surface area contributed by atoms with Crippen LogP contribution in [0.2, 0.25) is 10.0 Å². The molecule has 0 unspecified atom stereocenters. The smallest absolute Gasteiger partial charge is 0.338 e. The fraction of sp³-hybridized carbons (Fsp3) is 0.235. The van der Waals surface area contributed by atoms with E-state index in [1.807, 2.05) is 0 Å². The number of amides is 2. The number of esters is 1. The van der Waals surface area contributed by atoms with E-state index in [1.54, 1.807) is 12.1 Å². The number of hydrogen-bond acceptors (Lipinski definition) is 5. The Bertz CT molecular complexity index is 792. The summed E-state index contributed by atoms with van der Waals surface area (Å²) in [7, 11) is 1.43. The number of likely N-dealkylation sites (N-methyl/N-ethyl adjacent to an activating group) is 1. The highest BCUT2D eigenvalue weighted by Crippen LogP contribution is 2.22. The zero-order chi connectivity index (χ0) is 19.1. The number of nitrogens with one attached hydrogen (secondary N) is 1. The Kier molecular flexibility index (Phi) is 7.06. The van der Waals surface area contributed by atoms with Gasteiger partial charge in [-0.25, -0.2) is 4.79 Å². The van der Waals surface area contributed by atoms with Gasteiger partial charge in [0.1, 0.15) is 5.76 Å². The Morgan fingerprint density at radius 3 is 2.62 bits per heavy atom. The first kappa shape index (κ1) is 19.8. The molecule has 0 bridgehead atoms. The van der Waals surface area contributed by atoms with Crippen LogP contribution >= 0.6 is 23.2 Å². The Hall–Kier alpha value is -2.51. The largest absolute Gasteiger partial charge is 0.467 e. The van der Waals surface area contributed by atoms with Gasteiger partial charge in [0.05, 0.1) is 35.0 Å². The van der Waals surface area contributed by atoms with E-state index < -0.39 is 18.5 Å². The fourth-order valence-corrected chi connectivity index (χ4v) is 2.20. The zero-order valence-electron chi connectivity index (χ0n) is 13.8. The molecule has 0 saturated heterocycles. The minimum atomic E-state index is -0.715. The van der Waals surface area contributed by atoms with Crippen LogP contribution in [0.3, 0.4) is 0 Å². The van der Waals surface area contributed by atoms with Gasteiger partial charge in [-0.1, -0.05) is 23.2 Å². The van der Waals surface area contributed by atoms with Gasteiger partial charge >= 0.3 is 5.97 Å². The molecule has 0 saturated carbocycles. The van der Waals surface area contributed by atoms with Crippen LogP contribution in [0.25, 0.3) is 0 Å². The second-order valence-corrected chi connectivity index (χ2v) is 6.13. The lowest BCUT2D eigenvalue weighted by Crippen LogP contribution is -2.39. The number of furan rings is 1. The van der Waals surface area contributed by atoms with Gasteiger partial charge in [0.15, 0.2) is 6.61 Å². The third-order valence-corrected chi connectivity index (χ3v) is 4.07. The Morgan fingerprint density at radius 1 is 1.19 bits per heavy atom. The molecule has 1 aromatic carbocycles. The molecule has 9 heteroatoms. The number of carbonyl (C=O) groups excluding carboxylic acids is 3. The molecule has 0 fully saturated rings. The third-order valence-electron chi connectivity index (χ3n) is 3.33.